The second-order valence-corrected chi connectivity index (χ2v) is 14.4. The van der Waals surface area contributed by atoms with Crippen LogP contribution in [-0.4, -0.2) is 62.2 Å². The highest BCUT2D eigenvalue weighted by Crippen LogP contribution is 2.35. The fourth-order valence-corrected chi connectivity index (χ4v) is 6.12. The fraction of sp³-hybridized carbons (Fsp3) is 0.375. The lowest BCUT2D eigenvalue weighted by Crippen LogP contribution is -2.56. The normalized spacial score (nSPS) is 13.6. The van der Waals surface area contributed by atoms with Crippen molar-refractivity contribution in [2.24, 2.45) is 0 Å². The average molecular weight is 663 g/mol. The molecule has 0 bridgehead atoms. The third kappa shape index (κ3) is 8.58. The summed E-state index contributed by atoms with van der Waals surface area (Å²) >= 11 is 12.5. The Labute approximate surface area is 269 Å². The molecule has 0 saturated heterocycles. The zero-order valence-corrected chi connectivity index (χ0v) is 27.5. The Kier molecular flexibility index (Phi) is 10.7. The highest BCUT2D eigenvalue weighted by atomic mass is 35.5. The molecular formula is C32H37Cl2N3O6S. The lowest BCUT2D eigenvalue weighted by Gasteiger charge is -2.35. The van der Waals surface area contributed by atoms with Crippen molar-refractivity contribution in [1.29, 1.82) is 0 Å². The van der Waals surface area contributed by atoms with E-state index in [1.165, 1.54) is 11.8 Å². The van der Waals surface area contributed by atoms with Gasteiger partial charge < -0.3 is 19.7 Å². The topological polar surface area (TPSA) is 105 Å². The summed E-state index contributed by atoms with van der Waals surface area (Å²) in [5.41, 5.74) is 1.11. The number of anilines is 1. The number of halogens is 2. The highest BCUT2D eigenvalue weighted by Gasteiger charge is 2.35. The van der Waals surface area contributed by atoms with E-state index in [-0.39, 0.29) is 30.3 Å². The number of nitrogens with one attached hydrogen (secondary N) is 1. The number of carbonyl (C=O) groups is 2. The molecule has 2 amide bonds. The van der Waals surface area contributed by atoms with Gasteiger partial charge in [-0.15, -0.1) is 0 Å². The van der Waals surface area contributed by atoms with E-state index >= 15 is 0 Å². The number of sulfonamides is 1. The Morgan fingerprint density at radius 1 is 0.909 bits per heavy atom. The van der Waals surface area contributed by atoms with E-state index in [1.807, 2.05) is 51.1 Å². The molecule has 0 radical (unpaired) electrons. The molecule has 1 atom stereocenters. The molecule has 0 aromatic heterocycles. The van der Waals surface area contributed by atoms with E-state index in [9.17, 15) is 18.0 Å². The minimum atomic E-state index is -3.94. The van der Waals surface area contributed by atoms with Gasteiger partial charge in [-0.25, -0.2) is 8.42 Å². The number of amides is 2. The smallest absolute Gasteiger partial charge is 0.244 e. The molecule has 1 aliphatic heterocycles. The number of hydrogen-bond acceptors (Lipinski definition) is 6. The zero-order chi connectivity index (χ0) is 32.1. The van der Waals surface area contributed by atoms with Gasteiger partial charge in [0.1, 0.15) is 25.8 Å². The Morgan fingerprint density at radius 3 is 2.23 bits per heavy atom. The number of nitrogens with zero attached hydrogens (tertiary/aromatic N) is 2. The maximum absolute atomic E-state index is 14.4. The number of rotatable bonds is 11. The van der Waals surface area contributed by atoms with Gasteiger partial charge in [0.2, 0.25) is 21.8 Å². The van der Waals surface area contributed by atoms with E-state index in [1.54, 1.807) is 36.4 Å². The van der Waals surface area contributed by atoms with Crippen LogP contribution in [0.5, 0.6) is 11.5 Å². The molecule has 1 heterocycles. The summed E-state index contributed by atoms with van der Waals surface area (Å²) in [7, 11) is -3.94. The molecule has 12 heteroatoms. The van der Waals surface area contributed by atoms with Gasteiger partial charge in [0.25, 0.3) is 0 Å². The van der Waals surface area contributed by atoms with Crippen molar-refractivity contribution in [1.82, 2.24) is 10.2 Å². The van der Waals surface area contributed by atoms with Crippen molar-refractivity contribution in [2.45, 2.75) is 52.2 Å². The van der Waals surface area contributed by atoms with Crippen LogP contribution >= 0.6 is 23.2 Å². The van der Waals surface area contributed by atoms with Gasteiger partial charge in [-0.3, -0.25) is 13.9 Å². The summed E-state index contributed by atoms with van der Waals surface area (Å²) in [5, 5.41) is 3.64. The monoisotopic (exact) mass is 661 g/mol. The van der Waals surface area contributed by atoms with Gasteiger partial charge in [0.05, 0.1) is 21.5 Å². The third-order valence-corrected chi connectivity index (χ3v) is 9.38. The summed E-state index contributed by atoms with van der Waals surface area (Å²) in [6.45, 7) is 7.19. The number of hydrogen-bond donors (Lipinski definition) is 1. The first-order valence-corrected chi connectivity index (χ1v) is 16.6. The SMILES string of the molecule is CCS(=O)(=O)N(CC(=O)N(Cc1ccc(Cl)c(Cl)c1)[C@@H](Cc1ccccc1)C(=O)NC(C)(C)C)c1ccc2c(c1)OCCO2. The van der Waals surface area contributed by atoms with Crippen LogP contribution in [0.25, 0.3) is 0 Å². The van der Waals surface area contributed by atoms with E-state index < -0.39 is 34.1 Å². The predicted octanol–water partition coefficient (Wildman–Crippen LogP) is 5.48. The molecule has 0 saturated carbocycles. The maximum Gasteiger partial charge on any atom is 0.244 e. The molecule has 3 aromatic rings. The second kappa shape index (κ2) is 14.1. The van der Waals surface area contributed by atoms with Gasteiger partial charge in [-0.2, -0.15) is 0 Å². The van der Waals surface area contributed by atoms with Crippen molar-refractivity contribution >= 4 is 50.7 Å². The van der Waals surface area contributed by atoms with Crippen molar-refractivity contribution < 1.29 is 27.5 Å². The van der Waals surface area contributed by atoms with E-state index in [0.717, 1.165) is 9.87 Å². The van der Waals surface area contributed by atoms with Gasteiger partial charge in [-0.05, 0) is 63.1 Å². The van der Waals surface area contributed by atoms with Crippen LogP contribution < -0.4 is 19.1 Å². The van der Waals surface area contributed by atoms with Crippen LogP contribution in [0.3, 0.4) is 0 Å². The Balaban J connectivity index is 1.78. The van der Waals surface area contributed by atoms with Crippen LogP contribution in [-0.2, 0) is 32.6 Å². The Morgan fingerprint density at radius 2 is 1.59 bits per heavy atom. The summed E-state index contributed by atoms with van der Waals surface area (Å²) < 4.78 is 39.2. The molecule has 0 unspecified atom stereocenters. The molecule has 1 aliphatic rings. The second-order valence-electron chi connectivity index (χ2n) is 11.5. The minimum Gasteiger partial charge on any atom is -0.486 e. The third-order valence-electron chi connectivity index (χ3n) is 6.90. The molecule has 3 aromatic carbocycles. The fourth-order valence-electron chi connectivity index (χ4n) is 4.75. The number of benzene rings is 3. The summed E-state index contributed by atoms with van der Waals surface area (Å²) in [6, 6.07) is 18.1. The van der Waals surface area contributed by atoms with Crippen LogP contribution in [0.15, 0.2) is 66.7 Å². The highest BCUT2D eigenvalue weighted by molar-refractivity contribution is 7.92. The first kappa shape index (κ1) is 33.4. The summed E-state index contributed by atoms with van der Waals surface area (Å²) in [5.74, 6) is -0.328. The summed E-state index contributed by atoms with van der Waals surface area (Å²) in [4.78, 5) is 29.6. The van der Waals surface area contributed by atoms with Gasteiger partial charge in [-0.1, -0.05) is 59.6 Å². The van der Waals surface area contributed by atoms with Crippen molar-refractivity contribution in [3.63, 3.8) is 0 Å². The molecular weight excluding hydrogens is 625 g/mol. The Bertz CT molecular complexity index is 1600. The first-order chi connectivity index (χ1) is 20.8. The Hall–Kier alpha value is -3.47. The molecule has 0 aliphatic carbocycles. The maximum atomic E-state index is 14.4. The van der Waals surface area contributed by atoms with Crippen molar-refractivity contribution in [2.75, 3.05) is 29.8 Å². The zero-order valence-electron chi connectivity index (χ0n) is 25.2. The molecule has 0 fully saturated rings. The lowest BCUT2D eigenvalue weighted by atomic mass is 10.0. The van der Waals surface area contributed by atoms with Crippen molar-refractivity contribution in [3.05, 3.63) is 87.9 Å². The number of carbonyl (C=O) groups excluding carboxylic acids is 2. The number of fused-ring (bicyclic) bond motifs is 1. The number of ether oxygens (including phenoxy) is 2. The molecule has 1 N–H and O–H groups in total. The van der Waals surface area contributed by atoms with Crippen LogP contribution in [0, 0.1) is 0 Å². The average Bonchev–Trinajstić information content (AvgIpc) is 2.98. The lowest BCUT2D eigenvalue weighted by molar-refractivity contribution is -0.140. The van der Waals surface area contributed by atoms with E-state index in [4.69, 9.17) is 32.7 Å². The van der Waals surface area contributed by atoms with Crippen LogP contribution in [0.1, 0.15) is 38.8 Å². The molecule has 236 valence electrons. The van der Waals surface area contributed by atoms with Gasteiger partial charge in [0, 0.05) is 24.6 Å². The largest absolute Gasteiger partial charge is 0.486 e. The summed E-state index contributed by atoms with van der Waals surface area (Å²) in [6.07, 6.45) is 0.195. The minimum absolute atomic E-state index is 0.0219. The molecule has 0 spiro atoms. The van der Waals surface area contributed by atoms with Crippen LogP contribution in [0.4, 0.5) is 5.69 Å². The van der Waals surface area contributed by atoms with Crippen molar-refractivity contribution in [3.8, 4) is 11.5 Å². The van der Waals surface area contributed by atoms with Gasteiger partial charge in [0.15, 0.2) is 11.5 Å². The standard InChI is InChI=1S/C32H37Cl2N3O6S/c1-5-44(40,41)37(24-12-14-28-29(19-24)43-16-15-42-28)21-30(38)36(20-23-11-13-25(33)26(34)17-23)27(31(39)35-32(2,3)4)18-22-9-7-6-8-10-22/h6-14,17,19,27H,5,15-16,18,20-21H2,1-4H3,(H,35,39)/t27-/m0/s1. The molecule has 44 heavy (non-hydrogen) atoms. The predicted molar refractivity (Wildman–Crippen MR) is 173 cm³/mol. The molecule has 4 rings (SSSR count). The van der Waals surface area contributed by atoms with Crippen LogP contribution in [0.2, 0.25) is 10.0 Å². The van der Waals surface area contributed by atoms with E-state index in [2.05, 4.69) is 5.32 Å². The molecule has 9 nitrogen and oxygen atoms in total. The van der Waals surface area contributed by atoms with E-state index in [0.29, 0.717) is 40.3 Å². The first-order valence-electron chi connectivity index (χ1n) is 14.3. The van der Waals surface area contributed by atoms with Gasteiger partial charge >= 0.3 is 0 Å². The quantitative estimate of drug-likeness (QED) is 0.292.